The third-order valence-corrected chi connectivity index (χ3v) is 14.1. The molecule has 0 spiro atoms. The summed E-state index contributed by atoms with van der Waals surface area (Å²) >= 11 is 0. The van der Waals surface area contributed by atoms with Crippen LogP contribution in [0.4, 0.5) is 17.1 Å². The highest BCUT2D eigenvalue weighted by atomic mass is 32.2. The summed E-state index contributed by atoms with van der Waals surface area (Å²) in [6, 6.07) is 13.9. The van der Waals surface area contributed by atoms with Crippen molar-refractivity contribution in [3.05, 3.63) is 102 Å². The van der Waals surface area contributed by atoms with E-state index in [1.165, 1.54) is 41.3 Å². The highest BCUT2D eigenvalue weighted by Crippen LogP contribution is 2.55. The maximum atomic E-state index is 12.9. The normalized spacial score (nSPS) is 17.3. The summed E-state index contributed by atoms with van der Waals surface area (Å²) in [5.41, 5.74) is 1.17. The summed E-state index contributed by atoms with van der Waals surface area (Å²) in [5.74, 6) is -0.917. The first-order valence-electron chi connectivity index (χ1n) is 18.0. The smallest absolute Gasteiger partial charge is 0.303 e. The lowest BCUT2D eigenvalue weighted by Crippen LogP contribution is -2.28. The molecule has 2 aliphatic heterocycles. The molecule has 59 heavy (non-hydrogen) atoms. The number of hydrogen-bond acceptors (Lipinski definition) is 10. The number of anilines is 2. The van der Waals surface area contributed by atoms with Crippen LogP contribution in [-0.4, -0.2) is 79.8 Å². The van der Waals surface area contributed by atoms with Crippen LogP contribution in [0.25, 0.3) is 10.8 Å². The number of hydrogen-bond donors (Lipinski definition) is 5. The molecule has 0 radical (unpaired) electrons. The molecule has 314 valence electrons. The van der Waals surface area contributed by atoms with Gasteiger partial charge in [0.15, 0.2) is 5.71 Å². The van der Waals surface area contributed by atoms with Gasteiger partial charge < -0.3 is 10.0 Å². The summed E-state index contributed by atoms with van der Waals surface area (Å²) in [5, 5.41) is 9.07. The molecule has 0 fully saturated rings. The predicted molar refractivity (Wildman–Crippen MR) is 217 cm³/mol. The molecular formula is C39H41N2O14S4+. The maximum absolute atomic E-state index is 12.9. The number of carboxylic acid groups (broad SMARTS) is 1. The standard InChI is InChI=1S/C39H40N2O14S4/c1-38(2)30-22-27(58(50,51)52)16-18-31(30)40(19-7-5-6-14-36(42)43)34(38)12-9-13-35-39(3,4)37-28-17-15-26(57(47,48)49)21-29(28)33(59(53,54)55)23-32(37)41(35)24-10-8-11-25(20-24)56(44,45)46/h8-13,15-18,20-23H,5-7,14,19H2,1-4H3,(H4-,42,43,44,45,46,47,48,49,50,51,52,53,54,55)/p+1. The van der Waals surface area contributed by atoms with Crippen molar-refractivity contribution in [2.45, 2.75) is 83.8 Å². The fourth-order valence-corrected chi connectivity index (χ4v) is 10.2. The molecular weight excluding hydrogens is 849 g/mol. The van der Waals surface area contributed by atoms with Gasteiger partial charge in [0.1, 0.15) is 11.4 Å². The van der Waals surface area contributed by atoms with Crippen LogP contribution in [-0.2, 0) is 56.1 Å². The van der Waals surface area contributed by atoms with Crippen LogP contribution >= 0.6 is 0 Å². The van der Waals surface area contributed by atoms with Gasteiger partial charge >= 0.3 is 5.97 Å². The Bertz CT molecular complexity index is 3000. The van der Waals surface area contributed by atoms with E-state index >= 15 is 0 Å². The molecule has 0 bridgehead atoms. The van der Waals surface area contributed by atoms with Gasteiger partial charge in [0.2, 0.25) is 5.69 Å². The summed E-state index contributed by atoms with van der Waals surface area (Å²) in [4.78, 5) is 10.5. The van der Waals surface area contributed by atoms with Crippen LogP contribution in [0.3, 0.4) is 0 Å². The van der Waals surface area contributed by atoms with Gasteiger partial charge in [-0.05, 0) is 92.2 Å². The van der Waals surface area contributed by atoms with Crippen molar-refractivity contribution in [1.29, 1.82) is 0 Å². The van der Waals surface area contributed by atoms with E-state index in [1.807, 2.05) is 18.4 Å². The first-order chi connectivity index (χ1) is 27.1. The number of fused-ring (bicyclic) bond motifs is 4. The highest BCUT2D eigenvalue weighted by molar-refractivity contribution is 7.86. The molecule has 0 saturated heterocycles. The largest absolute Gasteiger partial charge is 0.481 e. The molecule has 0 saturated carbocycles. The highest BCUT2D eigenvalue weighted by Gasteiger charge is 2.46. The van der Waals surface area contributed by atoms with E-state index in [2.05, 4.69) is 0 Å². The Balaban J connectivity index is 1.58. The molecule has 16 nitrogen and oxygen atoms in total. The number of carboxylic acids is 1. The number of unbranched alkanes of at least 4 members (excludes halogenated alkanes) is 2. The SMILES string of the molecule is CC1(C)C(/C=C/C=C2/N(c3cccc(S(=O)(=O)O)c3)c3cc(S(=O)(=O)O)c4cc(S(=O)(=O)O)ccc4c3C2(C)C)=[N+](CCCCCC(=O)O)c2ccc(S(=O)(=O)O)cc21. The lowest BCUT2D eigenvalue weighted by atomic mass is 9.80. The van der Waals surface area contributed by atoms with Gasteiger partial charge in [-0.1, -0.05) is 32.1 Å². The van der Waals surface area contributed by atoms with Crippen LogP contribution in [0.1, 0.15) is 64.5 Å². The van der Waals surface area contributed by atoms with Gasteiger partial charge in [0.05, 0.1) is 25.8 Å². The van der Waals surface area contributed by atoms with E-state index in [4.69, 9.17) is 5.11 Å². The van der Waals surface area contributed by atoms with Crippen molar-refractivity contribution in [1.82, 2.24) is 0 Å². The molecule has 20 heteroatoms. The lowest BCUT2D eigenvalue weighted by Gasteiger charge is -2.27. The van der Waals surface area contributed by atoms with E-state index in [1.54, 1.807) is 38.1 Å². The number of allylic oxidation sites excluding steroid dienone is 4. The Hall–Kier alpha value is -4.80. The fourth-order valence-electron chi connectivity index (χ4n) is 7.96. The Morgan fingerprint density at radius 1 is 0.695 bits per heavy atom. The second-order valence-electron chi connectivity index (χ2n) is 15.3. The van der Waals surface area contributed by atoms with Crippen molar-refractivity contribution in [2.24, 2.45) is 0 Å². The number of nitrogens with zero attached hydrogens (tertiary/aromatic N) is 2. The summed E-state index contributed by atoms with van der Waals surface area (Å²) in [6.07, 6.45) is 6.74. The summed E-state index contributed by atoms with van der Waals surface area (Å²) in [6.45, 7) is 7.71. The molecule has 2 aliphatic rings. The molecule has 0 amide bonds. The van der Waals surface area contributed by atoms with Crippen molar-refractivity contribution in [3.63, 3.8) is 0 Å². The number of aliphatic carboxylic acids is 1. The monoisotopic (exact) mass is 889 g/mol. The topological polar surface area (TPSA) is 261 Å². The Morgan fingerprint density at radius 2 is 1.31 bits per heavy atom. The lowest BCUT2D eigenvalue weighted by molar-refractivity contribution is -0.438. The Labute approximate surface area is 341 Å². The second kappa shape index (κ2) is 15.0. The van der Waals surface area contributed by atoms with Crippen molar-refractivity contribution < 1.29 is 66.4 Å². The van der Waals surface area contributed by atoms with E-state index in [-0.39, 0.29) is 33.5 Å². The zero-order chi connectivity index (χ0) is 43.7. The third kappa shape index (κ3) is 8.35. The summed E-state index contributed by atoms with van der Waals surface area (Å²) < 4.78 is 141. The van der Waals surface area contributed by atoms with Crippen molar-refractivity contribution >= 4 is 80.0 Å². The minimum Gasteiger partial charge on any atom is -0.481 e. The molecule has 4 aromatic carbocycles. The molecule has 6 rings (SSSR count). The van der Waals surface area contributed by atoms with Gasteiger partial charge in [0.25, 0.3) is 40.5 Å². The van der Waals surface area contributed by atoms with E-state index in [0.717, 1.165) is 24.3 Å². The Kier molecular flexibility index (Phi) is 11.2. The first-order valence-corrected chi connectivity index (χ1v) is 23.7. The van der Waals surface area contributed by atoms with Crippen molar-refractivity contribution in [3.8, 4) is 0 Å². The number of rotatable bonds is 13. The van der Waals surface area contributed by atoms with E-state index in [0.29, 0.717) is 54.0 Å². The van der Waals surface area contributed by atoms with Crippen molar-refractivity contribution in [2.75, 3.05) is 11.4 Å². The average Bonchev–Trinajstić information content (AvgIpc) is 3.47. The molecule has 2 heterocycles. The second-order valence-corrected chi connectivity index (χ2v) is 20.9. The zero-order valence-corrected chi connectivity index (χ0v) is 35.3. The minimum atomic E-state index is -5.07. The van der Waals surface area contributed by atoms with Gasteiger partial charge in [-0.25, -0.2) is 0 Å². The van der Waals surface area contributed by atoms with Gasteiger partial charge in [-0.3, -0.25) is 23.0 Å². The number of carbonyl (C=O) groups is 1. The van der Waals surface area contributed by atoms with E-state index < -0.39 is 72.0 Å². The molecule has 0 unspecified atom stereocenters. The van der Waals surface area contributed by atoms with Crippen LogP contribution in [0, 0.1) is 0 Å². The average molecular weight is 890 g/mol. The minimum absolute atomic E-state index is 0.00558. The molecule has 0 aromatic heterocycles. The molecule has 4 aromatic rings. The van der Waals surface area contributed by atoms with E-state index in [9.17, 15) is 56.7 Å². The first kappa shape index (κ1) is 43.8. The van der Waals surface area contributed by atoms with Crippen LogP contribution in [0.5, 0.6) is 0 Å². The van der Waals surface area contributed by atoms with Crippen LogP contribution in [0.15, 0.2) is 110 Å². The van der Waals surface area contributed by atoms with Gasteiger partial charge in [-0.15, -0.1) is 0 Å². The number of benzene rings is 4. The molecule has 0 atom stereocenters. The third-order valence-electron chi connectivity index (χ3n) is 10.7. The van der Waals surface area contributed by atoms with Gasteiger partial charge in [-0.2, -0.15) is 38.2 Å². The van der Waals surface area contributed by atoms with Crippen LogP contribution < -0.4 is 4.90 Å². The molecule has 0 aliphatic carbocycles. The summed E-state index contributed by atoms with van der Waals surface area (Å²) in [7, 11) is -19.2. The zero-order valence-electron chi connectivity index (χ0n) is 32.1. The predicted octanol–water partition coefficient (Wildman–Crippen LogP) is 6.42. The van der Waals surface area contributed by atoms with Crippen LogP contribution in [0.2, 0.25) is 0 Å². The van der Waals surface area contributed by atoms with Gasteiger partial charge in [0, 0.05) is 52.7 Å². The quantitative estimate of drug-likeness (QED) is 0.0551. The maximum Gasteiger partial charge on any atom is 0.303 e. The molecule has 5 N–H and O–H groups in total. The Morgan fingerprint density at radius 3 is 1.92 bits per heavy atom. The fraction of sp³-hybridized carbons (Fsp3) is 0.282.